The fourth-order valence-electron chi connectivity index (χ4n) is 2.98. The summed E-state index contributed by atoms with van der Waals surface area (Å²) in [6.45, 7) is 0.239. The summed E-state index contributed by atoms with van der Waals surface area (Å²) in [5.74, 6) is -0.144. The van der Waals surface area contributed by atoms with Crippen molar-refractivity contribution in [3.63, 3.8) is 0 Å². The first kappa shape index (κ1) is 19.1. The first-order valence-corrected chi connectivity index (χ1v) is 9.03. The highest BCUT2D eigenvalue weighted by atomic mass is 19.3. The highest BCUT2D eigenvalue weighted by Gasteiger charge is 2.21. The van der Waals surface area contributed by atoms with Gasteiger partial charge in [0.2, 0.25) is 0 Å². The van der Waals surface area contributed by atoms with Crippen LogP contribution in [-0.4, -0.2) is 55.4 Å². The zero-order valence-electron chi connectivity index (χ0n) is 15.4. The van der Waals surface area contributed by atoms with Crippen molar-refractivity contribution in [2.75, 3.05) is 36.1 Å². The number of anilines is 2. The molecule has 3 heterocycles. The first-order valence-electron chi connectivity index (χ1n) is 9.03. The van der Waals surface area contributed by atoms with Gasteiger partial charge in [-0.3, -0.25) is 4.90 Å². The molecular formula is C19H19F2N5O3. The average Bonchev–Trinajstić information content (AvgIpc) is 2.76. The molecule has 0 bridgehead atoms. The lowest BCUT2D eigenvalue weighted by atomic mass is 10.2. The Morgan fingerprint density at radius 1 is 1.03 bits per heavy atom. The van der Waals surface area contributed by atoms with Gasteiger partial charge in [-0.2, -0.15) is 18.7 Å². The van der Waals surface area contributed by atoms with E-state index in [2.05, 4.69) is 24.6 Å². The molecule has 0 saturated carbocycles. The van der Waals surface area contributed by atoms with Crippen LogP contribution in [0.4, 0.5) is 20.2 Å². The van der Waals surface area contributed by atoms with E-state index in [0.29, 0.717) is 0 Å². The average molecular weight is 403 g/mol. The maximum absolute atomic E-state index is 12.2. The van der Waals surface area contributed by atoms with E-state index in [9.17, 15) is 8.78 Å². The summed E-state index contributed by atoms with van der Waals surface area (Å²) in [6, 6.07) is 8.03. The van der Waals surface area contributed by atoms with E-state index in [1.54, 1.807) is 12.3 Å². The SMILES string of the molecule is FC(F)Oc1cnc(O[C@H]2N=CC=CN2c2ccc(N3CCOCC3)cc2)nc1. The summed E-state index contributed by atoms with van der Waals surface area (Å²) in [7, 11) is 0. The van der Waals surface area contributed by atoms with Gasteiger partial charge >= 0.3 is 12.6 Å². The first-order chi connectivity index (χ1) is 14.2. The molecule has 1 aromatic carbocycles. The number of hydrogen-bond donors (Lipinski definition) is 0. The van der Waals surface area contributed by atoms with Gasteiger partial charge in [0.1, 0.15) is 0 Å². The maximum atomic E-state index is 12.2. The van der Waals surface area contributed by atoms with E-state index < -0.39 is 13.0 Å². The Labute approximate surface area is 166 Å². The number of morpholine rings is 1. The number of alkyl halides is 2. The number of allylic oxidation sites excluding steroid dienone is 1. The van der Waals surface area contributed by atoms with Crippen molar-refractivity contribution in [3.8, 4) is 11.8 Å². The van der Waals surface area contributed by atoms with Crippen LogP contribution in [0.1, 0.15) is 0 Å². The van der Waals surface area contributed by atoms with E-state index in [1.807, 2.05) is 35.4 Å². The van der Waals surface area contributed by atoms with Gasteiger partial charge in [-0.25, -0.2) is 4.99 Å². The predicted octanol–water partition coefficient (Wildman–Crippen LogP) is 2.68. The van der Waals surface area contributed by atoms with Crippen LogP contribution in [-0.2, 0) is 4.74 Å². The topological polar surface area (TPSA) is 72.3 Å². The maximum Gasteiger partial charge on any atom is 0.387 e. The molecule has 1 saturated heterocycles. The van der Waals surface area contributed by atoms with E-state index in [1.165, 1.54) is 0 Å². The molecule has 1 fully saturated rings. The van der Waals surface area contributed by atoms with Crippen LogP contribution in [0.25, 0.3) is 0 Å². The number of ether oxygens (including phenoxy) is 3. The Morgan fingerprint density at radius 3 is 2.41 bits per heavy atom. The molecule has 1 atom stereocenters. The predicted molar refractivity (Wildman–Crippen MR) is 103 cm³/mol. The van der Waals surface area contributed by atoms with E-state index >= 15 is 0 Å². The molecule has 152 valence electrons. The Morgan fingerprint density at radius 2 is 1.72 bits per heavy atom. The standard InChI is InChI=1S/C19H19F2N5O3/c20-17(21)28-16-12-23-18(24-13-16)29-19-22-6-1-7-26(19)15-4-2-14(3-5-15)25-8-10-27-11-9-25/h1-7,12-13,17,19H,8-11H2/t19-/m0/s1. The van der Waals surface area contributed by atoms with Crippen molar-refractivity contribution in [2.45, 2.75) is 13.0 Å². The second kappa shape index (κ2) is 8.82. The number of rotatable bonds is 6. The highest BCUT2D eigenvalue weighted by molar-refractivity contribution is 5.74. The second-order valence-corrected chi connectivity index (χ2v) is 6.19. The Balaban J connectivity index is 1.45. The third kappa shape index (κ3) is 4.77. The van der Waals surface area contributed by atoms with Crippen molar-refractivity contribution >= 4 is 17.6 Å². The van der Waals surface area contributed by atoms with Crippen molar-refractivity contribution in [3.05, 3.63) is 48.9 Å². The summed E-state index contributed by atoms with van der Waals surface area (Å²) in [5.41, 5.74) is 2.00. The van der Waals surface area contributed by atoms with Gasteiger partial charge in [0, 0.05) is 36.9 Å². The lowest BCUT2D eigenvalue weighted by Gasteiger charge is -2.31. The Bertz CT molecular complexity index is 855. The number of hydrogen-bond acceptors (Lipinski definition) is 8. The molecule has 0 aliphatic carbocycles. The molecule has 2 aliphatic heterocycles. The number of nitrogens with zero attached hydrogens (tertiary/aromatic N) is 5. The minimum Gasteiger partial charge on any atom is -0.432 e. The number of halogens is 2. The number of aromatic nitrogens is 2. The van der Waals surface area contributed by atoms with Crippen LogP contribution < -0.4 is 19.3 Å². The van der Waals surface area contributed by atoms with Gasteiger partial charge in [0.05, 0.1) is 25.6 Å². The molecule has 0 unspecified atom stereocenters. The molecule has 1 aromatic heterocycles. The molecule has 4 rings (SSSR count). The van der Waals surface area contributed by atoms with Gasteiger partial charge in [-0.15, -0.1) is 0 Å². The van der Waals surface area contributed by atoms with Gasteiger partial charge in [0.25, 0.3) is 6.35 Å². The second-order valence-electron chi connectivity index (χ2n) is 6.19. The Hall–Kier alpha value is -3.27. The molecule has 0 amide bonds. The Kier molecular flexibility index (Phi) is 5.80. The van der Waals surface area contributed by atoms with Crippen LogP contribution in [0, 0.1) is 0 Å². The van der Waals surface area contributed by atoms with Crippen molar-refractivity contribution in [1.82, 2.24) is 9.97 Å². The highest BCUT2D eigenvalue weighted by Crippen LogP contribution is 2.25. The minimum absolute atomic E-state index is 0.000923. The molecule has 8 nitrogen and oxygen atoms in total. The third-order valence-electron chi connectivity index (χ3n) is 4.35. The van der Waals surface area contributed by atoms with Gasteiger partial charge in [-0.05, 0) is 30.3 Å². The molecular weight excluding hydrogens is 384 g/mol. The molecule has 0 spiro atoms. The molecule has 10 heteroatoms. The lowest BCUT2D eigenvalue weighted by Crippen LogP contribution is -2.37. The van der Waals surface area contributed by atoms with E-state index in [0.717, 1.165) is 50.1 Å². The van der Waals surface area contributed by atoms with Crippen LogP contribution in [0.3, 0.4) is 0 Å². The van der Waals surface area contributed by atoms with E-state index in [-0.39, 0.29) is 11.8 Å². The van der Waals surface area contributed by atoms with Crippen molar-refractivity contribution < 1.29 is 23.0 Å². The fraction of sp³-hybridized carbons (Fsp3) is 0.316. The molecule has 2 aliphatic rings. The summed E-state index contributed by atoms with van der Waals surface area (Å²) in [4.78, 5) is 16.2. The monoisotopic (exact) mass is 403 g/mol. The molecule has 2 aromatic rings. The lowest BCUT2D eigenvalue weighted by molar-refractivity contribution is -0.0504. The van der Waals surface area contributed by atoms with Crippen LogP contribution in [0.2, 0.25) is 0 Å². The molecule has 0 N–H and O–H groups in total. The zero-order chi connectivity index (χ0) is 20.1. The molecule has 29 heavy (non-hydrogen) atoms. The zero-order valence-corrected chi connectivity index (χ0v) is 15.4. The minimum atomic E-state index is -2.94. The molecule has 0 radical (unpaired) electrons. The van der Waals surface area contributed by atoms with Gasteiger partial charge in [-0.1, -0.05) is 0 Å². The van der Waals surface area contributed by atoms with Crippen molar-refractivity contribution in [1.29, 1.82) is 0 Å². The van der Waals surface area contributed by atoms with Crippen LogP contribution >= 0.6 is 0 Å². The van der Waals surface area contributed by atoms with Gasteiger partial charge in [0.15, 0.2) is 5.75 Å². The summed E-state index contributed by atoms with van der Waals surface area (Å²) < 4.78 is 39.8. The van der Waals surface area contributed by atoms with Crippen LogP contribution in [0.15, 0.2) is 53.9 Å². The quantitative estimate of drug-likeness (QED) is 0.734. The smallest absolute Gasteiger partial charge is 0.387 e. The van der Waals surface area contributed by atoms with Crippen LogP contribution in [0.5, 0.6) is 11.8 Å². The fourth-order valence-corrected chi connectivity index (χ4v) is 2.98. The third-order valence-corrected chi connectivity index (χ3v) is 4.35. The van der Waals surface area contributed by atoms with Crippen molar-refractivity contribution in [2.24, 2.45) is 4.99 Å². The summed E-state index contributed by atoms with van der Waals surface area (Å²) >= 11 is 0. The normalized spacial score (nSPS) is 18.9. The number of benzene rings is 1. The largest absolute Gasteiger partial charge is 0.432 e. The van der Waals surface area contributed by atoms with Gasteiger partial charge < -0.3 is 19.1 Å². The summed E-state index contributed by atoms with van der Waals surface area (Å²) in [6.07, 6.45) is 6.75. The number of aliphatic imine (C=N–C) groups is 1. The summed E-state index contributed by atoms with van der Waals surface area (Å²) in [5, 5.41) is 0. The van der Waals surface area contributed by atoms with E-state index in [4.69, 9.17) is 9.47 Å².